The maximum absolute atomic E-state index is 10.1. The fraction of sp³-hybridized carbons (Fsp3) is 0.158. The van der Waals surface area contributed by atoms with Crippen LogP contribution in [0.2, 0.25) is 0 Å². The van der Waals surface area contributed by atoms with Crippen LogP contribution in [0, 0.1) is 0 Å². The number of phenolic OH excluding ortho intramolecular Hbond substituents is 2. The van der Waals surface area contributed by atoms with E-state index in [0.29, 0.717) is 16.9 Å². The topological polar surface area (TPSA) is 53.6 Å². The molecule has 0 unspecified atom stereocenters. The van der Waals surface area contributed by atoms with Crippen LogP contribution >= 0.6 is 0 Å². The third kappa shape index (κ3) is 2.58. The molecule has 0 atom stereocenters. The van der Waals surface area contributed by atoms with Gasteiger partial charge in [0.15, 0.2) is 0 Å². The third-order valence-corrected chi connectivity index (χ3v) is 3.70. The Balaban J connectivity index is 2.01. The van der Waals surface area contributed by atoms with E-state index in [1.54, 1.807) is 18.4 Å². The molecule has 0 bridgehead atoms. The van der Waals surface area contributed by atoms with Crippen LogP contribution < -0.4 is 0 Å². The second-order valence-electron chi connectivity index (χ2n) is 5.65. The van der Waals surface area contributed by atoms with E-state index in [1.165, 1.54) is 0 Å². The normalized spacial score (nSPS) is 11.0. The summed E-state index contributed by atoms with van der Waals surface area (Å²) in [7, 11) is 0. The molecule has 2 aromatic carbocycles. The Bertz CT molecular complexity index is 762. The standard InChI is InChI=1S/C19H18O3/c1-12(2)19-16(20)8-14(9-17(19)21)18-10-15(11-22-18)13-6-4-3-5-7-13/h3-12,20-21H,1-2H3. The van der Waals surface area contributed by atoms with Crippen LogP contribution in [0.15, 0.2) is 59.2 Å². The van der Waals surface area contributed by atoms with Crippen molar-refractivity contribution in [2.45, 2.75) is 19.8 Å². The average Bonchev–Trinajstić information content (AvgIpc) is 2.97. The molecule has 0 radical (unpaired) electrons. The zero-order valence-electron chi connectivity index (χ0n) is 12.6. The molecular weight excluding hydrogens is 276 g/mol. The monoisotopic (exact) mass is 294 g/mol. The van der Waals surface area contributed by atoms with E-state index in [4.69, 9.17) is 4.42 Å². The molecule has 0 saturated heterocycles. The van der Waals surface area contributed by atoms with Crippen molar-refractivity contribution >= 4 is 0 Å². The smallest absolute Gasteiger partial charge is 0.134 e. The maximum atomic E-state index is 10.1. The fourth-order valence-corrected chi connectivity index (χ4v) is 2.63. The van der Waals surface area contributed by atoms with Gasteiger partial charge in [-0.05, 0) is 29.7 Å². The van der Waals surface area contributed by atoms with Crippen LogP contribution in [-0.2, 0) is 0 Å². The Morgan fingerprint density at radius 1 is 0.818 bits per heavy atom. The zero-order valence-corrected chi connectivity index (χ0v) is 12.6. The van der Waals surface area contributed by atoms with Crippen LogP contribution in [0.5, 0.6) is 11.5 Å². The molecule has 3 rings (SSSR count). The van der Waals surface area contributed by atoms with Crippen molar-refractivity contribution in [1.29, 1.82) is 0 Å². The van der Waals surface area contributed by atoms with Gasteiger partial charge in [0.05, 0.1) is 6.26 Å². The summed E-state index contributed by atoms with van der Waals surface area (Å²) in [5.41, 5.74) is 3.23. The number of benzene rings is 2. The molecule has 22 heavy (non-hydrogen) atoms. The molecule has 0 aliphatic rings. The van der Waals surface area contributed by atoms with Crippen molar-refractivity contribution in [3.05, 3.63) is 60.4 Å². The van der Waals surface area contributed by atoms with E-state index in [1.807, 2.05) is 50.2 Å². The highest BCUT2D eigenvalue weighted by atomic mass is 16.3. The first-order chi connectivity index (χ1) is 10.6. The van der Waals surface area contributed by atoms with Gasteiger partial charge in [0.1, 0.15) is 17.3 Å². The lowest BCUT2D eigenvalue weighted by molar-refractivity contribution is 0.433. The van der Waals surface area contributed by atoms with Crippen LogP contribution in [-0.4, -0.2) is 10.2 Å². The van der Waals surface area contributed by atoms with Gasteiger partial charge < -0.3 is 14.6 Å². The highest BCUT2D eigenvalue weighted by molar-refractivity contribution is 5.72. The summed E-state index contributed by atoms with van der Waals surface area (Å²) in [4.78, 5) is 0. The first-order valence-corrected chi connectivity index (χ1v) is 7.26. The Morgan fingerprint density at radius 3 is 2.05 bits per heavy atom. The summed E-state index contributed by atoms with van der Waals surface area (Å²) in [6.45, 7) is 3.85. The van der Waals surface area contributed by atoms with E-state index < -0.39 is 0 Å². The molecule has 0 aliphatic carbocycles. The predicted molar refractivity (Wildman–Crippen MR) is 87.0 cm³/mol. The lowest BCUT2D eigenvalue weighted by Crippen LogP contribution is -1.90. The largest absolute Gasteiger partial charge is 0.507 e. The van der Waals surface area contributed by atoms with Gasteiger partial charge in [-0.3, -0.25) is 0 Å². The van der Waals surface area contributed by atoms with Crippen molar-refractivity contribution in [3.8, 4) is 33.9 Å². The quantitative estimate of drug-likeness (QED) is 0.702. The van der Waals surface area contributed by atoms with Gasteiger partial charge in [-0.1, -0.05) is 44.2 Å². The van der Waals surface area contributed by atoms with Crippen LogP contribution in [0.4, 0.5) is 0 Å². The molecular formula is C19H18O3. The predicted octanol–water partition coefficient (Wildman–Crippen LogP) is 5.15. The molecule has 112 valence electrons. The number of furan rings is 1. The van der Waals surface area contributed by atoms with Gasteiger partial charge in [0, 0.05) is 16.7 Å². The molecule has 0 fully saturated rings. The minimum atomic E-state index is 0.0468. The molecule has 0 aliphatic heterocycles. The van der Waals surface area contributed by atoms with Crippen molar-refractivity contribution in [3.63, 3.8) is 0 Å². The summed E-state index contributed by atoms with van der Waals surface area (Å²) in [6.07, 6.45) is 1.68. The lowest BCUT2D eigenvalue weighted by atomic mass is 9.98. The third-order valence-electron chi connectivity index (χ3n) is 3.70. The number of aromatic hydroxyl groups is 2. The van der Waals surface area contributed by atoms with Crippen LogP contribution in [0.3, 0.4) is 0 Å². The number of hydrogen-bond donors (Lipinski definition) is 2. The summed E-state index contributed by atoms with van der Waals surface area (Å²) >= 11 is 0. The minimum Gasteiger partial charge on any atom is -0.507 e. The van der Waals surface area contributed by atoms with E-state index in [9.17, 15) is 10.2 Å². The highest BCUT2D eigenvalue weighted by Gasteiger charge is 2.15. The Kier molecular flexibility index (Phi) is 3.63. The van der Waals surface area contributed by atoms with Gasteiger partial charge in [-0.15, -0.1) is 0 Å². The molecule has 3 nitrogen and oxygen atoms in total. The van der Waals surface area contributed by atoms with E-state index in [-0.39, 0.29) is 17.4 Å². The van der Waals surface area contributed by atoms with Crippen LogP contribution in [0.25, 0.3) is 22.5 Å². The van der Waals surface area contributed by atoms with Crippen LogP contribution in [0.1, 0.15) is 25.3 Å². The minimum absolute atomic E-state index is 0.0468. The molecule has 1 aromatic heterocycles. The van der Waals surface area contributed by atoms with E-state index in [2.05, 4.69) is 0 Å². The van der Waals surface area contributed by atoms with Gasteiger partial charge in [-0.2, -0.15) is 0 Å². The summed E-state index contributed by atoms with van der Waals surface area (Å²) < 4.78 is 5.59. The molecule has 3 heteroatoms. The van der Waals surface area contributed by atoms with Gasteiger partial charge in [0.2, 0.25) is 0 Å². The van der Waals surface area contributed by atoms with Crippen molar-refractivity contribution in [2.75, 3.05) is 0 Å². The number of phenols is 2. The molecule has 0 spiro atoms. The second-order valence-corrected chi connectivity index (χ2v) is 5.65. The van der Waals surface area contributed by atoms with Crippen molar-refractivity contribution in [1.82, 2.24) is 0 Å². The average molecular weight is 294 g/mol. The fourth-order valence-electron chi connectivity index (χ4n) is 2.63. The SMILES string of the molecule is CC(C)c1c(O)cc(-c2cc(-c3ccccc3)co2)cc1O. The summed E-state index contributed by atoms with van der Waals surface area (Å²) in [5.74, 6) is 0.829. The first kappa shape index (κ1) is 14.3. The molecule has 1 heterocycles. The first-order valence-electron chi connectivity index (χ1n) is 7.26. The second kappa shape index (κ2) is 5.60. The molecule has 0 amide bonds. The maximum Gasteiger partial charge on any atom is 0.134 e. The molecule has 2 N–H and O–H groups in total. The Labute approximate surface area is 129 Å². The molecule has 3 aromatic rings. The highest BCUT2D eigenvalue weighted by Crippen LogP contribution is 2.39. The van der Waals surface area contributed by atoms with Gasteiger partial charge >= 0.3 is 0 Å². The Hall–Kier alpha value is -2.68. The molecule has 0 saturated carbocycles. The lowest BCUT2D eigenvalue weighted by Gasteiger charge is -2.11. The van der Waals surface area contributed by atoms with Gasteiger partial charge in [0.25, 0.3) is 0 Å². The Morgan fingerprint density at radius 2 is 1.45 bits per heavy atom. The number of hydrogen-bond acceptors (Lipinski definition) is 3. The van der Waals surface area contributed by atoms with Crippen molar-refractivity contribution in [2.24, 2.45) is 0 Å². The zero-order chi connectivity index (χ0) is 15.7. The number of rotatable bonds is 3. The van der Waals surface area contributed by atoms with E-state index in [0.717, 1.165) is 11.1 Å². The van der Waals surface area contributed by atoms with Gasteiger partial charge in [-0.25, -0.2) is 0 Å². The van der Waals surface area contributed by atoms with Crippen molar-refractivity contribution < 1.29 is 14.6 Å². The summed E-state index contributed by atoms with van der Waals surface area (Å²) in [5, 5.41) is 20.3. The summed E-state index contributed by atoms with van der Waals surface area (Å²) in [6, 6.07) is 15.1. The van der Waals surface area contributed by atoms with E-state index >= 15 is 0 Å².